The van der Waals surface area contributed by atoms with Crippen molar-refractivity contribution in [3.63, 3.8) is 0 Å². The molecule has 30 heavy (non-hydrogen) atoms. The first-order valence-electron chi connectivity index (χ1n) is 9.71. The van der Waals surface area contributed by atoms with E-state index in [0.29, 0.717) is 27.9 Å². The maximum atomic E-state index is 13.0. The van der Waals surface area contributed by atoms with Crippen LogP contribution in [0, 0.1) is 0 Å². The number of benzene rings is 2. The molecule has 0 aromatic heterocycles. The fraction of sp³-hybridized carbons (Fsp3) is 0.364. The molecule has 0 radical (unpaired) electrons. The van der Waals surface area contributed by atoms with E-state index in [1.807, 2.05) is 19.1 Å². The van der Waals surface area contributed by atoms with Crippen LogP contribution >= 0.6 is 39.1 Å². The van der Waals surface area contributed by atoms with Gasteiger partial charge in [0.1, 0.15) is 11.8 Å². The van der Waals surface area contributed by atoms with E-state index in [2.05, 4.69) is 21.2 Å². The highest BCUT2D eigenvalue weighted by Crippen LogP contribution is 2.23. The van der Waals surface area contributed by atoms with Crippen LogP contribution in [-0.4, -0.2) is 35.9 Å². The maximum absolute atomic E-state index is 13.0. The van der Waals surface area contributed by atoms with Gasteiger partial charge in [0.2, 0.25) is 5.91 Å². The first-order valence-corrected chi connectivity index (χ1v) is 11.3. The summed E-state index contributed by atoms with van der Waals surface area (Å²) in [6, 6.07) is 11.6. The van der Waals surface area contributed by atoms with Crippen LogP contribution in [0.15, 0.2) is 46.9 Å². The van der Waals surface area contributed by atoms with E-state index in [1.165, 1.54) is 4.90 Å². The van der Waals surface area contributed by atoms with Crippen LogP contribution in [0.4, 0.5) is 0 Å². The number of hydrogen-bond acceptors (Lipinski definition) is 3. The van der Waals surface area contributed by atoms with Gasteiger partial charge in [-0.3, -0.25) is 9.59 Å². The Morgan fingerprint density at radius 1 is 1.17 bits per heavy atom. The van der Waals surface area contributed by atoms with Gasteiger partial charge in [-0.2, -0.15) is 0 Å². The predicted molar refractivity (Wildman–Crippen MR) is 124 cm³/mol. The second-order valence-corrected chi connectivity index (χ2v) is 8.58. The highest BCUT2D eigenvalue weighted by atomic mass is 79.9. The van der Waals surface area contributed by atoms with Gasteiger partial charge in [0, 0.05) is 27.6 Å². The Kier molecular flexibility index (Phi) is 9.95. The first kappa shape index (κ1) is 24.5. The molecule has 0 aliphatic carbocycles. The Morgan fingerprint density at radius 2 is 1.87 bits per heavy atom. The fourth-order valence-corrected chi connectivity index (χ4v) is 3.44. The molecule has 5 nitrogen and oxygen atoms in total. The van der Waals surface area contributed by atoms with Crippen molar-refractivity contribution in [2.24, 2.45) is 0 Å². The number of carbonyl (C=O) groups excluding carboxylic acids is 2. The predicted octanol–water partition coefficient (Wildman–Crippen LogP) is 5.47. The fourth-order valence-electron chi connectivity index (χ4n) is 2.71. The van der Waals surface area contributed by atoms with Crippen LogP contribution < -0.4 is 10.1 Å². The van der Waals surface area contributed by atoms with E-state index >= 15 is 0 Å². The zero-order valence-electron chi connectivity index (χ0n) is 17.0. The number of hydrogen-bond donors (Lipinski definition) is 1. The van der Waals surface area contributed by atoms with Crippen LogP contribution in [0.25, 0.3) is 0 Å². The van der Waals surface area contributed by atoms with Crippen molar-refractivity contribution in [1.29, 1.82) is 0 Å². The number of nitrogens with zero attached hydrogens (tertiary/aromatic N) is 1. The van der Waals surface area contributed by atoms with E-state index in [0.717, 1.165) is 17.3 Å². The van der Waals surface area contributed by atoms with Crippen LogP contribution in [0.2, 0.25) is 10.0 Å². The zero-order chi connectivity index (χ0) is 22.1. The smallest absolute Gasteiger partial charge is 0.261 e. The van der Waals surface area contributed by atoms with E-state index in [9.17, 15) is 9.59 Å². The highest BCUT2D eigenvalue weighted by molar-refractivity contribution is 9.10. The van der Waals surface area contributed by atoms with Crippen molar-refractivity contribution >= 4 is 50.9 Å². The van der Waals surface area contributed by atoms with Crippen molar-refractivity contribution in [1.82, 2.24) is 10.2 Å². The molecule has 0 saturated heterocycles. The summed E-state index contributed by atoms with van der Waals surface area (Å²) in [5.74, 6) is 0.0312. The third-order valence-electron chi connectivity index (χ3n) is 4.53. The van der Waals surface area contributed by atoms with Gasteiger partial charge in [-0.1, -0.05) is 58.5 Å². The maximum Gasteiger partial charge on any atom is 0.261 e. The Hall–Kier alpha value is -1.76. The van der Waals surface area contributed by atoms with Gasteiger partial charge in [-0.15, -0.1) is 0 Å². The summed E-state index contributed by atoms with van der Waals surface area (Å²) in [4.78, 5) is 27.1. The first-order chi connectivity index (χ1) is 14.3. The lowest BCUT2D eigenvalue weighted by molar-refractivity contribution is -0.142. The summed E-state index contributed by atoms with van der Waals surface area (Å²) in [5.41, 5.74) is 0.700. The Bertz CT molecular complexity index is 862. The minimum Gasteiger partial charge on any atom is -0.484 e. The number of nitrogens with one attached hydrogen (secondary N) is 1. The van der Waals surface area contributed by atoms with Crippen molar-refractivity contribution in [2.45, 2.75) is 39.3 Å². The van der Waals surface area contributed by atoms with Gasteiger partial charge < -0.3 is 15.0 Å². The molecule has 2 amide bonds. The number of rotatable bonds is 10. The number of ether oxygens (including phenoxy) is 1. The molecule has 2 aromatic carbocycles. The van der Waals surface area contributed by atoms with Crippen LogP contribution in [-0.2, 0) is 16.1 Å². The summed E-state index contributed by atoms with van der Waals surface area (Å²) in [7, 11) is 0. The lowest BCUT2D eigenvalue weighted by Crippen LogP contribution is -2.49. The van der Waals surface area contributed by atoms with E-state index in [-0.39, 0.29) is 25.0 Å². The van der Waals surface area contributed by atoms with Gasteiger partial charge >= 0.3 is 0 Å². The minimum absolute atomic E-state index is 0.168. The van der Waals surface area contributed by atoms with Crippen LogP contribution in [0.3, 0.4) is 0 Å². The molecule has 162 valence electrons. The van der Waals surface area contributed by atoms with Gasteiger partial charge in [0.25, 0.3) is 5.91 Å². The van der Waals surface area contributed by atoms with E-state index < -0.39 is 6.04 Å². The summed E-state index contributed by atoms with van der Waals surface area (Å²) in [5, 5.41) is 3.82. The molecule has 0 saturated carbocycles. The molecule has 0 spiro atoms. The molecule has 0 fully saturated rings. The topological polar surface area (TPSA) is 58.6 Å². The Morgan fingerprint density at radius 3 is 2.50 bits per heavy atom. The van der Waals surface area contributed by atoms with Gasteiger partial charge in [-0.25, -0.2) is 0 Å². The summed E-state index contributed by atoms with van der Waals surface area (Å²) < 4.78 is 6.54. The monoisotopic (exact) mass is 514 g/mol. The normalized spacial score (nSPS) is 11.6. The average molecular weight is 516 g/mol. The summed E-state index contributed by atoms with van der Waals surface area (Å²) in [6.07, 6.45) is 1.85. The molecule has 0 bridgehead atoms. The molecule has 1 N–H and O–H groups in total. The lowest BCUT2D eigenvalue weighted by atomic mass is 10.1. The number of halogens is 3. The van der Waals surface area contributed by atoms with Crippen molar-refractivity contribution in [2.75, 3.05) is 13.2 Å². The largest absolute Gasteiger partial charge is 0.484 e. The van der Waals surface area contributed by atoms with Crippen LogP contribution in [0.5, 0.6) is 5.75 Å². The quantitative estimate of drug-likeness (QED) is 0.427. The van der Waals surface area contributed by atoms with Gasteiger partial charge in [0.05, 0.1) is 0 Å². The number of amides is 2. The SMILES string of the molecule is CCCCNC(=O)C(C)N(Cc1ccc(Cl)cc1Cl)C(=O)COc1ccc(Br)cc1. The second kappa shape index (κ2) is 12.2. The van der Waals surface area contributed by atoms with Crippen LogP contribution in [0.1, 0.15) is 32.3 Å². The molecular weight excluding hydrogens is 491 g/mol. The average Bonchev–Trinajstić information content (AvgIpc) is 2.72. The van der Waals surface area contributed by atoms with E-state index in [1.54, 1.807) is 37.3 Å². The molecule has 0 heterocycles. The summed E-state index contributed by atoms with van der Waals surface area (Å²) in [6.45, 7) is 4.29. The van der Waals surface area contributed by atoms with Crippen molar-refractivity contribution < 1.29 is 14.3 Å². The molecule has 0 aliphatic heterocycles. The third kappa shape index (κ3) is 7.49. The Balaban J connectivity index is 2.14. The molecule has 8 heteroatoms. The van der Waals surface area contributed by atoms with Gasteiger partial charge in [0.15, 0.2) is 6.61 Å². The Labute approximate surface area is 195 Å². The highest BCUT2D eigenvalue weighted by Gasteiger charge is 2.27. The van der Waals surface area contributed by atoms with Crippen molar-refractivity contribution in [3.8, 4) is 5.75 Å². The summed E-state index contributed by atoms with van der Waals surface area (Å²) >= 11 is 15.6. The molecule has 2 aromatic rings. The van der Waals surface area contributed by atoms with E-state index in [4.69, 9.17) is 27.9 Å². The minimum atomic E-state index is -0.686. The number of unbranched alkanes of at least 4 members (excludes halogenated alkanes) is 1. The lowest BCUT2D eigenvalue weighted by Gasteiger charge is -2.29. The molecule has 1 unspecified atom stereocenters. The molecule has 1 atom stereocenters. The van der Waals surface area contributed by atoms with Gasteiger partial charge in [-0.05, 0) is 55.3 Å². The third-order valence-corrected chi connectivity index (χ3v) is 5.64. The second-order valence-electron chi connectivity index (χ2n) is 6.82. The standard InChI is InChI=1S/C22H25BrCl2N2O3/c1-3-4-11-26-22(29)15(2)27(13-16-5-8-18(24)12-20(16)25)21(28)14-30-19-9-6-17(23)7-10-19/h5-10,12,15H,3-4,11,13-14H2,1-2H3,(H,26,29). The molecule has 2 rings (SSSR count). The zero-order valence-corrected chi connectivity index (χ0v) is 20.1. The molecule has 0 aliphatic rings. The van der Waals surface area contributed by atoms with Crippen molar-refractivity contribution in [3.05, 3.63) is 62.5 Å². The number of carbonyl (C=O) groups is 2. The molecular formula is C22H25BrCl2N2O3.